The predicted octanol–water partition coefficient (Wildman–Crippen LogP) is -4.03. The van der Waals surface area contributed by atoms with Gasteiger partial charge in [0.05, 0.1) is 0 Å². The number of carboxylic acids is 1. The van der Waals surface area contributed by atoms with Gasteiger partial charge in [-0.3, -0.25) is 5.10 Å². The Labute approximate surface area is 87.1 Å². The van der Waals surface area contributed by atoms with Crippen molar-refractivity contribution in [1.82, 2.24) is 15.2 Å². The Hall–Kier alpha value is -0.793. The van der Waals surface area contributed by atoms with Gasteiger partial charge in [0.25, 0.3) is 0 Å². The van der Waals surface area contributed by atoms with Crippen LogP contribution in [0.25, 0.3) is 0 Å². The van der Waals surface area contributed by atoms with Crippen molar-refractivity contribution in [3.63, 3.8) is 0 Å². The van der Waals surface area contributed by atoms with E-state index in [9.17, 15) is 9.90 Å². The summed E-state index contributed by atoms with van der Waals surface area (Å²) in [6.07, 6.45) is 0.611. The van der Waals surface area contributed by atoms with Gasteiger partial charge in [0.15, 0.2) is 5.82 Å². The number of nitrogens with zero attached hydrogens (tertiary/aromatic N) is 2. The van der Waals surface area contributed by atoms with Crippen molar-refractivity contribution in [2.45, 2.75) is 19.3 Å². The first kappa shape index (κ1) is 10.3. The van der Waals surface area contributed by atoms with Crippen LogP contribution in [0.4, 0.5) is 0 Å². The van der Waals surface area contributed by atoms with E-state index in [0.29, 0.717) is 18.1 Å². The second kappa shape index (κ2) is 3.52. The SMILES string of the molecule is Cc1nc([C@@H]2C[C@H]2C(=O)[O-])n[nH]1.[Li+]. The number of nitrogens with one attached hydrogen (secondary N) is 1. The summed E-state index contributed by atoms with van der Waals surface area (Å²) in [7, 11) is 0. The van der Waals surface area contributed by atoms with E-state index in [2.05, 4.69) is 15.2 Å². The fourth-order valence-corrected chi connectivity index (χ4v) is 1.27. The number of H-pyrrole nitrogens is 1. The first-order valence-electron chi connectivity index (χ1n) is 3.78. The Balaban J connectivity index is 0.000000845. The minimum absolute atomic E-state index is 0. The monoisotopic (exact) mass is 173 g/mol. The van der Waals surface area contributed by atoms with Crippen molar-refractivity contribution >= 4 is 5.97 Å². The maximum absolute atomic E-state index is 10.4. The van der Waals surface area contributed by atoms with Gasteiger partial charge in [-0.15, -0.1) is 0 Å². The number of carbonyl (C=O) groups is 1. The zero-order valence-electron chi connectivity index (χ0n) is 7.57. The van der Waals surface area contributed by atoms with Crippen molar-refractivity contribution in [3.05, 3.63) is 11.6 Å². The number of carbonyl (C=O) groups excluding carboxylic acids is 1. The van der Waals surface area contributed by atoms with Gasteiger partial charge in [0, 0.05) is 17.8 Å². The Bertz CT molecular complexity index is 325. The zero-order chi connectivity index (χ0) is 8.72. The molecular formula is C7H8LiN3O2. The third-order valence-electron chi connectivity index (χ3n) is 2.04. The van der Waals surface area contributed by atoms with E-state index >= 15 is 0 Å². The summed E-state index contributed by atoms with van der Waals surface area (Å²) < 4.78 is 0. The van der Waals surface area contributed by atoms with Gasteiger partial charge in [-0.2, -0.15) is 5.10 Å². The van der Waals surface area contributed by atoms with Crippen molar-refractivity contribution < 1.29 is 28.8 Å². The molecule has 0 spiro atoms. The largest absolute Gasteiger partial charge is 1.00 e. The Morgan fingerprint density at radius 1 is 1.69 bits per heavy atom. The molecule has 2 atom stereocenters. The fraction of sp³-hybridized carbons (Fsp3) is 0.571. The molecule has 1 N–H and O–H groups in total. The van der Waals surface area contributed by atoms with Gasteiger partial charge < -0.3 is 9.90 Å². The Morgan fingerprint density at radius 2 is 2.38 bits per heavy atom. The Kier molecular flexibility index (Phi) is 2.79. The van der Waals surface area contributed by atoms with Crippen molar-refractivity contribution in [2.75, 3.05) is 0 Å². The average Bonchev–Trinajstić information content (AvgIpc) is 2.70. The number of aromatic amines is 1. The molecule has 0 aliphatic heterocycles. The number of hydrogen-bond donors (Lipinski definition) is 1. The third kappa shape index (κ3) is 1.93. The van der Waals surface area contributed by atoms with Gasteiger partial charge in [0.1, 0.15) is 5.82 Å². The van der Waals surface area contributed by atoms with E-state index in [0.717, 1.165) is 0 Å². The van der Waals surface area contributed by atoms with E-state index in [4.69, 9.17) is 0 Å². The minimum Gasteiger partial charge on any atom is -0.550 e. The summed E-state index contributed by atoms with van der Waals surface area (Å²) in [4.78, 5) is 14.4. The molecule has 0 aromatic carbocycles. The van der Waals surface area contributed by atoms with E-state index in [1.54, 1.807) is 6.92 Å². The molecule has 1 aliphatic rings. The number of rotatable bonds is 2. The summed E-state index contributed by atoms with van der Waals surface area (Å²) >= 11 is 0. The molecule has 1 fully saturated rings. The molecule has 0 amide bonds. The zero-order valence-corrected chi connectivity index (χ0v) is 7.57. The molecule has 1 aromatic rings. The number of carboxylic acid groups (broad SMARTS) is 1. The molecule has 5 nitrogen and oxygen atoms in total. The maximum atomic E-state index is 10.4. The number of hydrogen-bond acceptors (Lipinski definition) is 4. The van der Waals surface area contributed by atoms with Gasteiger partial charge >= 0.3 is 18.9 Å². The van der Waals surface area contributed by atoms with E-state index < -0.39 is 5.97 Å². The van der Waals surface area contributed by atoms with Crippen LogP contribution in [-0.4, -0.2) is 21.2 Å². The third-order valence-corrected chi connectivity index (χ3v) is 2.04. The predicted molar refractivity (Wildman–Crippen MR) is 37.0 cm³/mol. The van der Waals surface area contributed by atoms with Gasteiger partial charge in [-0.05, 0) is 13.3 Å². The summed E-state index contributed by atoms with van der Waals surface area (Å²) in [5.74, 6) is -0.0849. The van der Waals surface area contributed by atoms with Crippen LogP contribution in [0.3, 0.4) is 0 Å². The maximum Gasteiger partial charge on any atom is 1.00 e. The molecule has 1 heterocycles. The molecule has 64 valence electrons. The number of aromatic nitrogens is 3. The molecule has 0 bridgehead atoms. The minimum atomic E-state index is -0.998. The van der Waals surface area contributed by atoms with Crippen LogP contribution in [0.1, 0.15) is 24.0 Å². The quantitative estimate of drug-likeness (QED) is 0.462. The summed E-state index contributed by atoms with van der Waals surface area (Å²) in [6, 6.07) is 0. The topological polar surface area (TPSA) is 81.7 Å². The van der Waals surface area contributed by atoms with E-state index in [-0.39, 0.29) is 30.7 Å². The second-order valence-electron chi connectivity index (χ2n) is 3.05. The molecular weight excluding hydrogens is 165 g/mol. The Morgan fingerprint density at radius 3 is 2.77 bits per heavy atom. The van der Waals surface area contributed by atoms with Crippen LogP contribution in [-0.2, 0) is 4.79 Å². The van der Waals surface area contributed by atoms with Crippen LogP contribution in [0, 0.1) is 12.8 Å². The van der Waals surface area contributed by atoms with Crippen molar-refractivity contribution in [2.24, 2.45) is 5.92 Å². The molecule has 6 heteroatoms. The smallest absolute Gasteiger partial charge is 0.550 e. The molecule has 1 aliphatic carbocycles. The van der Waals surface area contributed by atoms with E-state index in [1.165, 1.54) is 0 Å². The van der Waals surface area contributed by atoms with E-state index in [1.807, 2.05) is 0 Å². The summed E-state index contributed by atoms with van der Waals surface area (Å²) in [6.45, 7) is 1.78. The van der Waals surface area contributed by atoms with Crippen LogP contribution < -0.4 is 24.0 Å². The van der Waals surface area contributed by atoms with Crippen LogP contribution in [0.5, 0.6) is 0 Å². The molecule has 2 rings (SSSR count). The molecule has 1 aromatic heterocycles. The molecule has 0 unspecified atom stereocenters. The number of aryl methyl sites for hydroxylation is 1. The second-order valence-corrected chi connectivity index (χ2v) is 3.05. The van der Waals surface area contributed by atoms with Gasteiger partial charge in [-0.25, -0.2) is 4.98 Å². The summed E-state index contributed by atoms with van der Waals surface area (Å²) in [5, 5.41) is 16.9. The normalized spacial score (nSPS) is 25.0. The van der Waals surface area contributed by atoms with Crippen molar-refractivity contribution in [1.29, 1.82) is 0 Å². The first-order valence-corrected chi connectivity index (χ1v) is 3.78. The van der Waals surface area contributed by atoms with Crippen LogP contribution in [0.2, 0.25) is 0 Å². The molecule has 0 radical (unpaired) electrons. The van der Waals surface area contributed by atoms with Gasteiger partial charge in [-0.1, -0.05) is 0 Å². The summed E-state index contributed by atoms with van der Waals surface area (Å²) in [5.41, 5.74) is 0. The number of aliphatic carboxylic acids is 1. The van der Waals surface area contributed by atoms with Crippen LogP contribution in [0.15, 0.2) is 0 Å². The van der Waals surface area contributed by atoms with Gasteiger partial charge in [0.2, 0.25) is 0 Å². The fourth-order valence-electron chi connectivity index (χ4n) is 1.27. The first-order chi connectivity index (χ1) is 5.68. The molecule has 13 heavy (non-hydrogen) atoms. The molecule has 0 saturated heterocycles. The standard InChI is InChI=1S/C7H9N3O2.Li/c1-3-8-6(10-9-3)4-2-5(4)7(11)12;/h4-5H,2H2,1H3,(H,11,12)(H,8,9,10);/q;+1/p-1/t4-,5-;/m1./s1. The van der Waals surface area contributed by atoms with Crippen LogP contribution >= 0.6 is 0 Å². The van der Waals surface area contributed by atoms with Crippen molar-refractivity contribution in [3.8, 4) is 0 Å². The average molecular weight is 173 g/mol. The molecule has 1 saturated carbocycles.